The number of nitrogens with zero attached hydrogens (tertiary/aromatic N) is 5. The van der Waals surface area contributed by atoms with Gasteiger partial charge in [-0.05, 0) is 72.5 Å². The number of rotatable bonds is 6. The average Bonchev–Trinajstić information content (AvgIpc) is 2.82. The Morgan fingerprint density at radius 1 is 1.03 bits per heavy atom. The van der Waals surface area contributed by atoms with Crippen LogP contribution in [-0.4, -0.2) is 67.4 Å². The molecule has 7 nitrogen and oxygen atoms in total. The van der Waals surface area contributed by atoms with Crippen molar-refractivity contribution in [1.82, 2.24) is 20.4 Å². The molecule has 190 valence electrons. The van der Waals surface area contributed by atoms with E-state index in [-0.39, 0.29) is 22.8 Å². The molecule has 11 heteroatoms. The maximum absolute atomic E-state index is 15.2. The predicted molar refractivity (Wildman–Crippen MR) is 147 cm³/mol. The highest BCUT2D eigenvalue weighted by Crippen LogP contribution is 2.56. The first-order valence-electron chi connectivity index (χ1n) is 12.8. The number of aromatic hydroxyl groups is 1. The lowest BCUT2D eigenvalue weighted by molar-refractivity contribution is 0.0141. The lowest BCUT2D eigenvalue weighted by Crippen LogP contribution is -2.49. The number of fused-ring (bicyclic) bond motifs is 2. The molecule has 2 saturated carbocycles. The van der Waals surface area contributed by atoms with Gasteiger partial charge in [0.1, 0.15) is 35.1 Å². The molecule has 2 aliphatic carbocycles. The van der Waals surface area contributed by atoms with Crippen LogP contribution in [0.3, 0.4) is 0 Å². The lowest BCUT2D eigenvalue weighted by Gasteiger charge is -2.54. The number of halogens is 1. The number of aromatic nitrogens is 4. The Labute approximate surface area is 226 Å². The number of anilines is 1. The molecule has 0 aliphatic heterocycles. The van der Waals surface area contributed by atoms with Crippen LogP contribution in [0.5, 0.6) is 11.6 Å². The summed E-state index contributed by atoms with van der Waals surface area (Å²) in [6.45, 7) is 4.83. The third-order valence-electron chi connectivity index (χ3n) is 8.02. The number of ether oxygens (including phenoxy) is 1. The van der Waals surface area contributed by atoms with Gasteiger partial charge in [0.05, 0.1) is 11.9 Å². The van der Waals surface area contributed by atoms with E-state index in [9.17, 15) is 5.11 Å². The van der Waals surface area contributed by atoms with Gasteiger partial charge in [0, 0.05) is 35.8 Å². The minimum absolute atomic E-state index is 0.0804. The molecule has 2 fully saturated rings. The van der Waals surface area contributed by atoms with Gasteiger partial charge in [-0.2, -0.15) is 5.10 Å². The van der Waals surface area contributed by atoms with Gasteiger partial charge >= 0.3 is 0 Å². The maximum Gasteiger partial charge on any atom is 0.232 e. The Balaban J connectivity index is 1.37. The Morgan fingerprint density at radius 2 is 1.74 bits per heavy atom. The molecule has 1 aromatic carbocycles. The molecule has 3 atom stereocenters. The molecule has 3 aromatic rings. The average molecular weight is 507 g/mol. The summed E-state index contributed by atoms with van der Waals surface area (Å²) in [4.78, 5) is 2.22. The van der Waals surface area contributed by atoms with Crippen molar-refractivity contribution in [3.05, 3.63) is 42.3 Å². The molecule has 0 spiro atoms. The predicted octanol–water partition coefficient (Wildman–Crippen LogP) is 4.13. The highest BCUT2D eigenvalue weighted by atomic mass is 19.1. The standard InChI is InChI=1S/C27H29B3FN5O2/c1-25-7-4-8-26(2,15-25)13-17(12-25)36(3)23-6-5-21(33-34-23)19-10-20(31)18(11-22(19)37)16-9-24(35-32-14-16)38-27(28,29)30/h5-6,9-11,14,17,37H,4,7-8,12-13,15H2,1-3H3/t17?,25-,26+. The van der Waals surface area contributed by atoms with Crippen LogP contribution in [0.2, 0.25) is 0 Å². The van der Waals surface area contributed by atoms with E-state index in [4.69, 9.17) is 28.3 Å². The van der Waals surface area contributed by atoms with E-state index in [1.807, 2.05) is 6.07 Å². The first-order valence-corrected chi connectivity index (χ1v) is 12.8. The first kappa shape index (κ1) is 26.5. The fourth-order valence-electron chi connectivity index (χ4n) is 6.54. The van der Waals surface area contributed by atoms with Crippen molar-refractivity contribution >= 4 is 29.4 Å². The van der Waals surface area contributed by atoms with Crippen LogP contribution in [0.1, 0.15) is 52.4 Å². The zero-order valence-electron chi connectivity index (χ0n) is 22.0. The molecular weight excluding hydrogens is 478 g/mol. The Bertz CT molecular complexity index is 1320. The van der Waals surface area contributed by atoms with Crippen molar-refractivity contribution in [3.8, 4) is 34.0 Å². The van der Waals surface area contributed by atoms with Crippen molar-refractivity contribution in [3.63, 3.8) is 0 Å². The van der Waals surface area contributed by atoms with E-state index in [0.29, 0.717) is 28.1 Å². The highest BCUT2D eigenvalue weighted by molar-refractivity contribution is 6.58. The van der Waals surface area contributed by atoms with Gasteiger partial charge in [-0.25, -0.2) is 4.39 Å². The van der Waals surface area contributed by atoms with Crippen LogP contribution in [0.4, 0.5) is 10.2 Å². The number of hydrogen-bond acceptors (Lipinski definition) is 7. The van der Waals surface area contributed by atoms with Crippen LogP contribution in [-0.2, 0) is 0 Å². The molecule has 6 radical (unpaired) electrons. The summed E-state index contributed by atoms with van der Waals surface area (Å²) < 4.78 is 20.3. The topological polar surface area (TPSA) is 84.3 Å². The number of hydrogen-bond donors (Lipinski definition) is 1. The van der Waals surface area contributed by atoms with Gasteiger partial charge in [0.25, 0.3) is 0 Å². The van der Waals surface area contributed by atoms with E-state index in [2.05, 4.69) is 46.2 Å². The molecule has 2 aliphatic rings. The Kier molecular flexibility index (Phi) is 6.68. The lowest BCUT2D eigenvalue weighted by atomic mass is 9.52. The van der Waals surface area contributed by atoms with E-state index in [1.54, 1.807) is 6.07 Å². The summed E-state index contributed by atoms with van der Waals surface area (Å²) in [5.74, 6) is -0.0980. The minimum atomic E-state index is -1.97. The van der Waals surface area contributed by atoms with Gasteiger partial charge in [-0.3, -0.25) is 0 Å². The van der Waals surface area contributed by atoms with Crippen LogP contribution in [0, 0.1) is 16.6 Å². The van der Waals surface area contributed by atoms with E-state index in [0.717, 1.165) is 18.7 Å². The normalized spacial score (nSPS) is 25.1. The molecule has 1 unspecified atom stereocenters. The zero-order chi connectivity index (χ0) is 27.3. The maximum atomic E-state index is 15.2. The molecule has 0 saturated heterocycles. The van der Waals surface area contributed by atoms with Gasteiger partial charge in [-0.1, -0.05) is 20.3 Å². The second-order valence-electron chi connectivity index (χ2n) is 11.7. The number of phenols is 1. The molecule has 0 amide bonds. The molecular formula is C27H29B3FN5O2. The molecule has 2 heterocycles. The summed E-state index contributed by atoms with van der Waals surface area (Å²) in [6, 6.07) is 7.88. The summed E-state index contributed by atoms with van der Waals surface area (Å²) in [6.07, 6.45) is 8.73. The molecule has 5 rings (SSSR count). The second-order valence-corrected chi connectivity index (χ2v) is 11.7. The van der Waals surface area contributed by atoms with Crippen LogP contribution in [0.25, 0.3) is 22.4 Å². The fraction of sp³-hybridized carbons (Fsp3) is 0.481. The van der Waals surface area contributed by atoms with Crippen LogP contribution in [0.15, 0.2) is 36.5 Å². The van der Waals surface area contributed by atoms with Crippen LogP contribution < -0.4 is 9.64 Å². The van der Waals surface area contributed by atoms with Crippen molar-refractivity contribution in [2.75, 3.05) is 11.9 Å². The van der Waals surface area contributed by atoms with Gasteiger partial charge < -0.3 is 14.7 Å². The third kappa shape index (κ3) is 5.52. The largest absolute Gasteiger partial charge is 0.507 e. The Morgan fingerprint density at radius 3 is 2.37 bits per heavy atom. The number of benzene rings is 1. The SMILES string of the molecule is [B]C([B])([B])Oc1cc(-c2cc(O)c(-c3ccc(N(C)C4C[C@]5(C)CCC[C@](C)(C4)C5)nn3)cc2F)cnn1. The van der Waals surface area contributed by atoms with Crippen molar-refractivity contribution in [1.29, 1.82) is 0 Å². The van der Waals surface area contributed by atoms with Crippen molar-refractivity contribution in [2.45, 2.75) is 63.7 Å². The second kappa shape index (κ2) is 9.58. The summed E-state index contributed by atoms with van der Waals surface area (Å²) in [5.41, 5.74) is 1.69. The van der Waals surface area contributed by atoms with Crippen molar-refractivity contribution in [2.24, 2.45) is 10.8 Å². The quantitative estimate of drug-likeness (QED) is 0.503. The minimum Gasteiger partial charge on any atom is -0.507 e. The summed E-state index contributed by atoms with van der Waals surface area (Å²) in [5, 5.41) is 25.0. The van der Waals surface area contributed by atoms with E-state index in [1.165, 1.54) is 50.1 Å². The van der Waals surface area contributed by atoms with E-state index < -0.39 is 11.1 Å². The Hall–Kier alpha value is -3.10. The smallest absolute Gasteiger partial charge is 0.232 e. The number of phenolic OH excluding ortho intramolecular Hbond substituents is 1. The third-order valence-corrected chi connectivity index (χ3v) is 8.02. The highest BCUT2D eigenvalue weighted by Gasteiger charge is 2.47. The summed E-state index contributed by atoms with van der Waals surface area (Å²) >= 11 is 0. The fourth-order valence-corrected chi connectivity index (χ4v) is 6.54. The summed E-state index contributed by atoms with van der Waals surface area (Å²) in [7, 11) is 18.4. The molecule has 2 aromatic heterocycles. The molecule has 2 bridgehead atoms. The van der Waals surface area contributed by atoms with Gasteiger partial charge in [0.15, 0.2) is 5.82 Å². The van der Waals surface area contributed by atoms with Crippen LogP contribution >= 0.6 is 0 Å². The zero-order valence-corrected chi connectivity index (χ0v) is 22.0. The molecule has 1 N–H and O–H groups in total. The van der Waals surface area contributed by atoms with E-state index >= 15 is 4.39 Å². The van der Waals surface area contributed by atoms with Gasteiger partial charge in [0.2, 0.25) is 5.88 Å². The van der Waals surface area contributed by atoms with Gasteiger partial charge in [-0.15, -0.1) is 15.3 Å². The monoisotopic (exact) mass is 507 g/mol. The molecule has 38 heavy (non-hydrogen) atoms. The van der Waals surface area contributed by atoms with Crippen molar-refractivity contribution < 1.29 is 14.2 Å². The first-order chi connectivity index (χ1) is 17.8.